The number of nitrogens with zero attached hydrogens (tertiary/aromatic N) is 4. The molecule has 1 atom stereocenters. The summed E-state index contributed by atoms with van der Waals surface area (Å²) in [5, 5.41) is 20.2. The summed E-state index contributed by atoms with van der Waals surface area (Å²) < 4.78 is 12.9. The van der Waals surface area contributed by atoms with Gasteiger partial charge in [0.1, 0.15) is 18.3 Å². The van der Waals surface area contributed by atoms with Gasteiger partial charge in [-0.05, 0) is 38.0 Å². The average Bonchev–Trinajstić information content (AvgIpc) is 3.10. The van der Waals surface area contributed by atoms with E-state index in [4.69, 9.17) is 19.6 Å². The zero-order valence-electron chi connectivity index (χ0n) is 17.3. The van der Waals surface area contributed by atoms with Crippen LogP contribution in [0.15, 0.2) is 23.2 Å². The maximum Gasteiger partial charge on any atom is 0.191 e. The summed E-state index contributed by atoms with van der Waals surface area (Å²) in [4.78, 5) is 9.18. The van der Waals surface area contributed by atoms with Crippen LogP contribution in [0.25, 0.3) is 0 Å². The molecule has 0 bridgehead atoms. The second-order valence-corrected chi connectivity index (χ2v) is 6.89. The number of methoxy groups -OCH3 is 1. The molecule has 1 aromatic carbocycles. The SMILES string of the molecule is CCNC(=NCc1ccc(OCCO)c(OC)c1)NC1CCc2nc(C)nn2C1. The third-order valence-electron chi connectivity index (χ3n) is 4.65. The molecular weight excluding hydrogens is 372 g/mol. The molecule has 0 fully saturated rings. The van der Waals surface area contributed by atoms with E-state index in [1.165, 1.54) is 0 Å². The number of aryl methyl sites for hydroxylation is 2. The topological polar surface area (TPSA) is 106 Å². The molecule has 9 nitrogen and oxygen atoms in total. The predicted molar refractivity (Wildman–Crippen MR) is 110 cm³/mol. The zero-order chi connectivity index (χ0) is 20.6. The number of aliphatic hydroxyl groups is 1. The van der Waals surface area contributed by atoms with Crippen molar-refractivity contribution in [3.8, 4) is 11.5 Å². The van der Waals surface area contributed by atoms with Gasteiger partial charge in [-0.3, -0.25) is 0 Å². The number of hydrogen-bond donors (Lipinski definition) is 3. The molecule has 0 spiro atoms. The molecule has 1 aliphatic rings. The van der Waals surface area contributed by atoms with Crippen LogP contribution in [-0.2, 0) is 19.5 Å². The highest BCUT2D eigenvalue weighted by molar-refractivity contribution is 5.80. The van der Waals surface area contributed by atoms with Crippen LogP contribution in [-0.4, -0.2) is 58.7 Å². The fraction of sp³-hybridized carbons (Fsp3) is 0.550. The summed E-state index contributed by atoms with van der Waals surface area (Å²) in [5.74, 6) is 3.89. The molecule has 158 valence electrons. The monoisotopic (exact) mass is 402 g/mol. The highest BCUT2D eigenvalue weighted by Crippen LogP contribution is 2.28. The van der Waals surface area contributed by atoms with Crippen LogP contribution >= 0.6 is 0 Å². The number of ether oxygens (including phenoxy) is 2. The van der Waals surface area contributed by atoms with Crippen molar-refractivity contribution < 1.29 is 14.6 Å². The van der Waals surface area contributed by atoms with E-state index in [0.717, 1.165) is 49.1 Å². The van der Waals surface area contributed by atoms with E-state index < -0.39 is 0 Å². The fourth-order valence-corrected chi connectivity index (χ4v) is 3.32. The van der Waals surface area contributed by atoms with Gasteiger partial charge >= 0.3 is 0 Å². The van der Waals surface area contributed by atoms with Crippen molar-refractivity contribution in [1.82, 2.24) is 25.4 Å². The van der Waals surface area contributed by atoms with Crippen LogP contribution in [0.3, 0.4) is 0 Å². The van der Waals surface area contributed by atoms with Crippen molar-refractivity contribution in [2.45, 2.75) is 45.8 Å². The Kier molecular flexibility index (Phi) is 7.29. The first-order chi connectivity index (χ1) is 14.1. The van der Waals surface area contributed by atoms with Gasteiger partial charge in [-0.25, -0.2) is 14.7 Å². The summed E-state index contributed by atoms with van der Waals surface area (Å²) >= 11 is 0. The Hall–Kier alpha value is -2.81. The minimum Gasteiger partial charge on any atom is -0.493 e. The van der Waals surface area contributed by atoms with Crippen LogP contribution in [0, 0.1) is 6.92 Å². The quantitative estimate of drug-likeness (QED) is 0.447. The van der Waals surface area contributed by atoms with Gasteiger partial charge in [-0.15, -0.1) is 0 Å². The van der Waals surface area contributed by atoms with E-state index in [-0.39, 0.29) is 19.3 Å². The molecule has 0 saturated heterocycles. The summed E-state index contributed by atoms with van der Waals surface area (Å²) in [7, 11) is 1.60. The molecule has 0 aliphatic carbocycles. The van der Waals surface area contributed by atoms with E-state index in [1.54, 1.807) is 7.11 Å². The highest BCUT2D eigenvalue weighted by Gasteiger charge is 2.21. The number of aliphatic hydroxyl groups excluding tert-OH is 1. The summed E-state index contributed by atoms with van der Waals surface area (Å²) in [5.41, 5.74) is 1.01. The van der Waals surface area contributed by atoms with Crippen molar-refractivity contribution in [3.63, 3.8) is 0 Å². The first-order valence-corrected chi connectivity index (χ1v) is 9.98. The van der Waals surface area contributed by atoms with Crippen LogP contribution < -0.4 is 20.1 Å². The smallest absolute Gasteiger partial charge is 0.191 e. The molecule has 1 aromatic heterocycles. The lowest BCUT2D eigenvalue weighted by Crippen LogP contribution is -2.47. The molecule has 3 N–H and O–H groups in total. The first-order valence-electron chi connectivity index (χ1n) is 9.98. The lowest BCUT2D eigenvalue weighted by Gasteiger charge is -2.25. The van der Waals surface area contributed by atoms with Crippen molar-refractivity contribution in [2.24, 2.45) is 4.99 Å². The maximum atomic E-state index is 8.93. The van der Waals surface area contributed by atoms with E-state index in [1.807, 2.05) is 36.7 Å². The van der Waals surface area contributed by atoms with E-state index in [2.05, 4.69) is 20.7 Å². The Morgan fingerprint density at radius 1 is 1.38 bits per heavy atom. The third-order valence-corrected chi connectivity index (χ3v) is 4.65. The first kappa shape index (κ1) is 20.9. The molecule has 0 amide bonds. The van der Waals surface area contributed by atoms with Gasteiger partial charge in [-0.1, -0.05) is 6.07 Å². The Bertz CT molecular complexity index is 836. The molecule has 2 heterocycles. The molecule has 0 radical (unpaired) electrons. The highest BCUT2D eigenvalue weighted by atomic mass is 16.5. The lowest BCUT2D eigenvalue weighted by molar-refractivity contribution is 0.196. The normalized spacial score (nSPS) is 16.3. The average molecular weight is 402 g/mol. The van der Waals surface area contributed by atoms with Crippen molar-refractivity contribution in [3.05, 3.63) is 35.4 Å². The second kappa shape index (κ2) is 10.1. The number of benzene rings is 1. The van der Waals surface area contributed by atoms with Gasteiger partial charge in [0.15, 0.2) is 17.5 Å². The van der Waals surface area contributed by atoms with Crippen LogP contribution in [0.4, 0.5) is 0 Å². The Labute approximate surface area is 171 Å². The van der Waals surface area contributed by atoms with Crippen molar-refractivity contribution >= 4 is 5.96 Å². The third kappa shape index (κ3) is 5.60. The minimum absolute atomic E-state index is 0.0380. The summed E-state index contributed by atoms with van der Waals surface area (Å²) in [6.07, 6.45) is 1.90. The van der Waals surface area contributed by atoms with E-state index >= 15 is 0 Å². The second-order valence-electron chi connectivity index (χ2n) is 6.89. The van der Waals surface area contributed by atoms with Crippen LogP contribution in [0.5, 0.6) is 11.5 Å². The number of hydrogen-bond acceptors (Lipinski definition) is 6. The number of nitrogens with one attached hydrogen (secondary N) is 2. The summed E-state index contributed by atoms with van der Waals surface area (Å²) in [6.45, 7) is 6.24. The van der Waals surface area contributed by atoms with Crippen molar-refractivity contribution in [2.75, 3.05) is 26.9 Å². The van der Waals surface area contributed by atoms with Gasteiger partial charge in [0.2, 0.25) is 0 Å². The van der Waals surface area contributed by atoms with Gasteiger partial charge in [0, 0.05) is 19.0 Å². The molecular formula is C20H30N6O3. The Morgan fingerprint density at radius 3 is 3.00 bits per heavy atom. The van der Waals surface area contributed by atoms with Gasteiger partial charge in [0.25, 0.3) is 0 Å². The number of aliphatic imine (C=N–C) groups is 1. The standard InChI is InChI=1S/C20H30N6O3/c1-4-21-20(24-16-6-8-19-23-14(2)25-26(19)13-16)22-12-15-5-7-17(29-10-9-27)18(11-15)28-3/h5,7,11,16,27H,4,6,8-10,12-13H2,1-3H3,(H2,21,22,24). The van der Waals surface area contributed by atoms with Crippen LogP contribution in [0.1, 0.15) is 30.6 Å². The predicted octanol–water partition coefficient (Wildman–Crippen LogP) is 1.04. The van der Waals surface area contributed by atoms with Gasteiger partial charge < -0.3 is 25.2 Å². The number of rotatable bonds is 8. The molecule has 29 heavy (non-hydrogen) atoms. The number of guanidine groups is 1. The number of fused-ring (bicyclic) bond motifs is 1. The van der Waals surface area contributed by atoms with Crippen molar-refractivity contribution in [1.29, 1.82) is 0 Å². The number of aromatic nitrogens is 3. The lowest BCUT2D eigenvalue weighted by atomic mass is 10.1. The summed E-state index contributed by atoms with van der Waals surface area (Å²) in [6, 6.07) is 5.96. The minimum atomic E-state index is -0.0380. The molecule has 2 aromatic rings. The van der Waals surface area contributed by atoms with E-state index in [0.29, 0.717) is 18.0 Å². The molecule has 0 saturated carbocycles. The molecule has 9 heteroatoms. The zero-order valence-corrected chi connectivity index (χ0v) is 17.3. The Balaban J connectivity index is 1.64. The van der Waals surface area contributed by atoms with Crippen LogP contribution in [0.2, 0.25) is 0 Å². The van der Waals surface area contributed by atoms with Gasteiger partial charge in [0.05, 0.1) is 26.8 Å². The largest absolute Gasteiger partial charge is 0.493 e. The van der Waals surface area contributed by atoms with E-state index in [9.17, 15) is 0 Å². The fourth-order valence-electron chi connectivity index (χ4n) is 3.32. The maximum absolute atomic E-state index is 8.93. The van der Waals surface area contributed by atoms with Gasteiger partial charge in [-0.2, -0.15) is 5.10 Å². The Morgan fingerprint density at radius 2 is 2.24 bits per heavy atom. The molecule has 1 unspecified atom stereocenters. The molecule has 3 rings (SSSR count). The molecule has 1 aliphatic heterocycles.